The molecular weight excluding hydrogens is 800 g/mol. The third kappa shape index (κ3) is 12.8. The molecule has 0 saturated carbocycles. The molecule has 2 atom stereocenters. The summed E-state index contributed by atoms with van der Waals surface area (Å²) in [6, 6.07) is 5.99. The number of anilines is 2. The number of rotatable bonds is 28. The molecule has 2 aromatic rings. The first-order valence-electron chi connectivity index (χ1n) is 24.3. The fraction of sp³-hybridized carbons (Fsp3) is 0.630. The van der Waals surface area contributed by atoms with Gasteiger partial charge in [-0.3, -0.25) is 0 Å². The summed E-state index contributed by atoms with van der Waals surface area (Å²) >= 11 is -5.03. The van der Waals surface area contributed by atoms with Gasteiger partial charge in [-0.25, -0.2) is 0 Å². The molecule has 2 unspecified atom stereocenters. The average molecular weight is 883 g/mol. The molecule has 0 amide bonds. The molecular formula is C54H82F4N2Ti. The zero-order chi connectivity index (χ0) is 44.8. The Bertz CT molecular complexity index is 1640. The van der Waals surface area contributed by atoms with E-state index in [4.69, 9.17) is 0 Å². The number of benzene rings is 2. The van der Waals surface area contributed by atoms with E-state index in [1.165, 1.54) is 12.1 Å². The molecule has 2 aliphatic carbocycles. The predicted molar refractivity (Wildman–Crippen MR) is 254 cm³/mol. The van der Waals surface area contributed by atoms with Gasteiger partial charge in [-0.1, -0.05) is 0 Å². The summed E-state index contributed by atoms with van der Waals surface area (Å²) in [4.78, 5) is 4.28. The minimum atomic E-state index is -5.03. The molecule has 7 heteroatoms. The van der Waals surface area contributed by atoms with E-state index < -0.39 is 48.3 Å². The molecule has 0 bridgehead atoms. The van der Waals surface area contributed by atoms with Crippen molar-refractivity contribution in [3.05, 3.63) is 96.1 Å². The van der Waals surface area contributed by atoms with Gasteiger partial charge in [0, 0.05) is 0 Å². The van der Waals surface area contributed by atoms with E-state index in [0.29, 0.717) is 49.4 Å². The molecule has 0 radical (unpaired) electrons. The third-order valence-corrected chi connectivity index (χ3v) is 22.5. The summed E-state index contributed by atoms with van der Waals surface area (Å²) in [5.41, 5.74) is 0.412. The zero-order valence-corrected chi connectivity index (χ0v) is 41.4. The van der Waals surface area contributed by atoms with Crippen molar-refractivity contribution in [2.24, 2.45) is 22.7 Å². The predicted octanol–water partition coefficient (Wildman–Crippen LogP) is 15.7. The van der Waals surface area contributed by atoms with Crippen molar-refractivity contribution in [3.8, 4) is 0 Å². The van der Waals surface area contributed by atoms with Crippen LogP contribution in [-0.2, 0) is 16.6 Å². The number of halogens is 4. The van der Waals surface area contributed by atoms with E-state index in [1.807, 2.05) is 48.6 Å². The van der Waals surface area contributed by atoms with Crippen LogP contribution in [0.15, 0.2) is 72.9 Å². The Hall–Kier alpha value is -2.57. The fourth-order valence-electron chi connectivity index (χ4n) is 10.7. The summed E-state index contributed by atoms with van der Waals surface area (Å²) < 4.78 is 70.3. The topological polar surface area (TPSA) is 6.48 Å². The number of hydrogen-bond donors (Lipinski definition) is 0. The zero-order valence-electron chi connectivity index (χ0n) is 39.9. The van der Waals surface area contributed by atoms with Crippen molar-refractivity contribution in [2.75, 3.05) is 36.0 Å². The first kappa shape index (κ1) is 51.1. The maximum atomic E-state index is 18.4. The number of nitrogens with zero attached hydrogens (tertiary/aromatic N) is 2. The van der Waals surface area contributed by atoms with Crippen LogP contribution in [0.1, 0.15) is 159 Å². The Morgan fingerprint density at radius 1 is 0.525 bits per heavy atom. The second-order valence-corrected chi connectivity index (χ2v) is 26.4. The van der Waals surface area contributed by atoms with Crippen LogP contribution in [0.4, 0.5) is 28.9 Å². The molecule has 0 aliphatic heterocycles. The number of unbranched alkanes of at least 4 members (excludes halogenated alkanes) is 2. The molecule has 61 heavy (non-hydrogen) atoms. The first-order chi connectivity index (χ1) is 29.1. The fourth-order valence-corrected chi connectivity index (χ4v) is 19.5. The number of allylic oxidation sites excluding steroid dienone is 8. The molecule has 2 aliphatic rings. The Labute approximate surface area is 373 Å². The molecule has 0 saturated heterocycles. The summed E-state index contributed by atoms with van der Waals surface area (Å²) in [6.07, 6.45) is 29.9. The van der Waals surface area contributed by atoms with Crippen molar-refractivity contribution in [1.82, 2.24) is 0 Å². The van der Waals surface area contributed by atoms with Gasteiger partial charge < -0.3 is 0 Å². The standard InChI is InChI=1S/2C22H36F2N.2C5H5.Ti/c2*1-6-9-10-18(8-3)13-15-25(17-22(4,5)14-7-2)21-12-11-19(23)16-20(21)24;2*1-2-4-5-3-1;/h2*11-12,18H,6-10,13-15,17H2,1-5H3;2*1-5H;. The summed E-state index contributed by atoms with van der Waals surface area (Å²) in [5, 5.41) is 0. The summed E-state index contributed by atoms with van der Waals surface area (Å²) in [6.45, 7) is 24.6. The van der Waals surface area contributed by atoms with E-state index in [9.17, 15) is 0 Å². The van der Waals surface area contributed by atoms with E-state index in [0.717, 1.165) is 89.9 Å². The SMILES string of the molecule is CCCCC(CC)CCN(CC(C)(C)CCC)c1ccc(F)[c]([Ti]([c]2c(F)ccc(N(CCC(CC)CCCC)CC(C)(C)CCC)c2F)([CH]2C=CC=C2)[CH]2C=CC=C2)c1F. The van der Waals surface area contributed by atoms with Crippen LogP contribution in [0.5, 0.6) is 0 Å². The van der Waals surface area contributed by atoms with Crippen molar-refractivity contribution in [2.45, 2.75) is 168 Å². The van der Waals surface area contributed by atoms with Gasteiger partial charge in [-0.2, -0.15) is 0 Å². The van der Waals surface area contributed by atoms with Crippen LogP contribution in [0, 0.1) is 45.9 Å². The molecule has 0 aromatic heterocycles. The van der Waals surface area contributed by atoms with Crippen LogP contribution in [0.2, 0.25) is 8.45 Å². The van der Waals surface area contributed by atoms with Crippen LogP contribution in [0.25, 0.3) is 0 Å². The molecule has 0 N–H and O–H groups in total. The third-order valence-electron chi connectivity index (χ3n) is 14.0. The van der Waals surface area contributed by atoms with Crippen molar-refractivity contribution < 1.29 is 34.2 Å². The Kier molecular flexibility index (Phi) is 20.0. The molecule has 340 valence electrons. The van der Waals surface area contributed by atoms with Gasteiger partial charge in [-0.15, -0.1) is 0 Å². The molecule has 0 fully saturated rings. The van der Waals surface area contributed by atoms with Crippen molar-refractivity contribution in [3.63, 3.8) is 0 Å². The summed E-state index contributed by atoms with van der Waals surface area (Å²) in [5.74, 6) is -1.73. The van der Waals surface area contributed by atoms with E-state index >= 15 is 17.6 Å². The minimum absolute atomic E-state index is 0.0883. The quantitative estimate of drug-likeness (QED) is 0.0621. The van der Waals surface area contributed by atoms with Crippen LogP contribution in [-0.4, -0.2) is 26.2 Å². The van der Waals surface area contributed by atoms with Crippen molar-refractivity contribution >= 4 is 19.1 Å². The van der Waals surface area contributed by atoms with Gasteiger partial charge >= 0.3 is 376 Å². The average Bonchev–Trinajstić information content (AvgIpc) is 3.96. The molecule has 2 nitrogen and oxygen atoms in total. The van der Waals surface area contributed by atoms with Crippen LogP contribution >= 0.6 is 0 Å². The maximum absolute atomic E-state index is 18.4. The normalized spacial score (nSPS) is 15.7. The van der Waals surface area contributed by atoms with Gasteiger partial charge in [0.15, 0.2) is 0 Å². The van der Waals surface area contributed by atoms with Crippen LogP contribution in [0.3, 0.4) is 0 Å². The van der Waals surface area contributed by atoms with Gasteiger partial charge in [0.1, 0.15) is 0 Å². The number of hydrogen-bond acceptors (Lipinski definition) is 2. The Balaban J connectivity index is 2.04. The van der Waals surface area contributed by atoms with Crippen molar-refractivity contribution in [1.29, 1.82) is 0 Å². The molecule has 4 rings (SSSR count). The van der Waals surface area contributed by atoms with E-state index in [1.54, 1.807) is 12.1 Å². The van der Waals surface area contributed by atoms with Gasteiger partial charge in [0.25, 0.3) is 0 Å². The van der Waals surface area contributed by atoms with Crippen LogP contribution < -0.4 is 17.5 Å². The summed E-state index contributed by atoms with van der Waals surface area (Å²) in [7, 11) is 0. The van der Waals surface area contributed by atoms with E-state index in [-0.39, 0.29) is 18.6 Å². The molecule has 0 heterocycles. The molecule has 2 aromatic carbocycles. The monoisotopic (exact) mass is 883 g/mol. The second-order valence-electron chi connectivity index (χ2n) is 20.1. The Morgan fingerprint density at radius 2 is 0.885 bits per heavy atom. The molecule has 0 spiro atoms. The van der Waals surface area contributed by atoms with Gasteiger partial charge in [0.2, 0.25) is 0 Å². The van der Waals surface area contributed by atoms with E-state index in [2.05, 4.69) is 79.0 Å². The second kappa shape index (κ2) is 23.9. The van der Waals surface area contributed by atoms with Gasteiger partial charge in [-0.05, 0) is 0 Å². The van der Waals surface area contributed by atoms with Gasteiger partial charge in [0.05, 0.1) is 0 Å². The first-order valence-corrected chi connectivity index (χ1v) is 27.7. The Morgan fingerprint density at radius 3 is 1.20 bits per heavy atom.